The minimum absolute atomic E-state index is 0.148. The fraction of sp³-hybridized carbons (Fsp3) is 0.364. The average molecular weight is 395 g/mol. The molecule has 2 heterocycles. The number of hydrogen-bond donors (Lipinski definition) is 1. The quantitative estimate of drug-likeness (QED) is 0.648. The van der Waals surface area contributed by atoms with Gasteiger partial charge < -0.3 is 9.88 Å². The largest absolute Gasteiger partial charge is 0.353 e. The second-order valence-corrected chi connectivity index (χ2v) is 8.21. The smallest absolute Gasteiger partial charge is 0.230 e. The van der Waals surface area contributed by atoms with Crippen molar-refractivity contribution in [3.05, 3.63) is 66.6 Å². The summed E-state index contributed by atoms with van der Waals surface area (Å²) in [6.07, 6.45) is 12.0. The summed E-state index contributed by atoms with van der Waals surface area (Å²) in [5.74, 6) is 2.41. The molecule has 3 aromatic rings. The first-order valence-corrected chi connectivity index (χ1v) is 11.1. The molecule has 146 valence electrons. The average Bonchev–Trinajstić information content (AvgIpc) is 3.39. The van der Waals surface area contributed by atoms with Gasteiger partial charge in [-0.25, -0.2) is 4.68 Å². The number of nitrogens with zero attached hydrogens (tertiary/aromatic N) is 3. The van der Waals surface area contributed by atoms with Crippen LogP contribution in [0, 0.1) is 0 Å². The van der Waals surface area contributed by atoms with Crippen LogP contribution in [0.4, 0.5) is 0 Å². The lowest BCUT2D eigenvalue weighted by molar-refractivity contribution is -0.119. The van der Waals surface area contributed by atoms with E-state index in [1.165, 1.54) is 19.3 Å². The lowest BCUT2D eigenvalue weighted by Gasteiger charge is -2.22. The van der Waals surface area contributed by atoms with Crippen molar-refractivity contribution < 1.29 is 4.79 Å². The number of aromatic nitrogens is 3. The second kappa shape index (κ2) is 9.15. The minimum Gasteiger partial charge on any atom is -0.353 e. The number of benzene rings is 1. The van der Waals surface area contributed by atoms with Crippen LogP contribution in [0.3, 0.4) is 0 Å². The fourth-order valence-electron chi connectivity index (χ4n) is 3.76. The molecule has 0 atom stereocenters. The van der Waals surface area contributed by atoms with E-state index < -0.39 is 0 Å². The van der Waals surface area contributed by atoms with Crippen molar-refractivity contribution in [2.45, 2.75) is 43.9 Å². The number of thioether (sulfide) groups is 1. The predicted octanol–water partition coefficient (Wildman–Crippen LogP) is 4.35. The molecular formula is C22H26N4OS. The summed E-state index contributed by atoms with van der Waals surface area (Å²) >= 11 is 1.64. The number of amides is 1. The second-order valence-electron chi connectivity index (χ2n) is 7.23. The topological polar surface area (TPSA) is 51.9 Å². The van der Waals surface area contributed by atoms with E-state index in [0.29, 0.717) is 11.8 Å². The maximum atomic E-state index is 12.3. The minimum atomic E-state index is 0.148. The Kier molecular flexibility index (Phi) is 6.17. The summed E-state index contributed by atoms with van der Waals surface area (Å²) in [7, 11) is 0. The zero-order chi connectivity index (χ0) is 19.2. The van der Waals surface area contributed by atoms with Crippen LogP contribution in [-0.2, 0) is 10.5 Å². The summed E-state index contributed by atoms with van der Waals surface area (Å²) < 4.78 is 4.04. The summed E-state index contributed by atoms with van der Waals surface area (Å²) in [6.45, 7) is 0. The third-order valence-corrected chi connectivity index (χ3v) is 6.11. The number of carbonyl (C=O) groups is 1. The van der Waals surface area contributed by atoms with E-state index in [1.54, 1.807) is 11.8 Å². The molecule has 0 aliphatic heterocycles. The van der Waals surface area contributed by atoms with Gasteiger partial charge in [0.2, 0.25) is 5.91 Å². The fourth-order valence-corrected chi connectivity index (χ4v) is 4.55. The third kappa shape index (κ3) is 4.50. The number of hydrogen-bond acceptors (Lipinski definition) is 3. The Hall–Kier alpha value is -2.47. The molecule has 1 amide bonds. The van der Waals surface area contributed by atoms with Crippen molar-refractivity contribution in [3.8, 4) is 11.5 Å². The maximum Gasteiger partial charge on any atom is 0.230 e. The van der Waals surface area contributed by atoms with E-state index in [4.69, 9.17) is 0 Å². The molecule has 1 saturated carbocycles. The summed E-state index contributed by atoms with van der Waals surface area (Å²) in [5.41, 5.74) is 2.15. The SMILES string of the molecule is O=C(CSCc1cnn(-c2ccccc2)c1-n1cccc1)NC1CCCCC1. The number of carbonyl (C=O) groups excluding carboxylic acids is 1. The van der Waals surface area contributed by atoms with Gasteiger partial charge in [0, 0.05) is 29.8 Å². The summed E-state index contributed by atoms with van der Waals surface area (Å²) in [5, 5.41) is 7.81. The molecule has 0 saturated heterocycles. The molecule has 4 rings (SSSR count). The van der Waals surface area contributed by atoms with Gasteiger partial charge in [0.25, 0.3) is 0 Å². The molecule has 0 unspecified atom stereocenters. The first kappa shape index (κ1) is 18.9. The molecule has 28 heavy (non-hydrogen) atoms. The highest BCUT2D eigenvalue weighted by atomic mass is 32.2. The number of para-hydroxylation sites is 1. The summed E-state index contributed by atoms with van der Waals surface area (Å²) in [4.78, 5) is 12.3. The molecule has 5 nitrogen and oxygen atoms in total. The third-order valence-electron chi connectivity index (χ3n) is 5.13. The Morgan fingerprint density at radius 1 is 1.07 bits per heavy atom. The zero-order valence-electron chi connectivity index (χ0n) is 16.0. The predicted molar refractivity (Wildman–Crippen MR) is 114 cm³/mol. The van der Waals surface area contributed by atoms with Crippen LogP contribution in [0.5, 0.6) is 0 Å². The maximum absolute atomic E-state index is 12.3. The number of rotatable bonds is 7. The van der Waals surface area contributed by atoms with E-state index in [0.717, 1.165) is 35.7 Å². The van der Waals surface area contributed by atoms with Crippen LogP contribution < -0.4 is 5.32 Å². The van der Waals surface area contributed by atoms with Gasteiger partial charge in [-0.1, -0.05) is 37.5 Å². The van der Waals surface area contributed by atoms with Crippen molar-refractivity contribution >= 4 is 17.7 Å². The van der Waals surface area contributed by atoms with E-state index in [-0.39, 0.29) is 5.91 Å². The normalized spacial score (nSPS) is 14.9. The van der Waals surface area contributed by atoms with Gasteiger partial charge >= 0.3 is 0 Å². The van der Waals surface area contributed by atoms with E-state index >= 15 is 0 Å². The zero-order valence-corrected chi connectivity index (χ0v) is 16.8. The van der Waals surface area contributed by atoms with Crippen LogP contribution in [-0.4, -0.2) is 32.0 Å². The van der Waals surface area contributed by atoms with Crippen LogP contribution >= 0.6 is 11.8 Å². The monoisotopic (exact) mass is 394 g/mol. The van der Waals surface area contributed by atoms with Crippen LogP contribution in [0.15, 0.2) is 61.1 Å². The van der Waals surface area contributed by atoms with Gasteiger partial charge in [0.15, 0.2) is 0 Å². The lowest BCUT2D eigenvalue weighted by atomic mass is 9.95. The Morgan fingerprint density at radius 3 is 2.57 bits per heavy atom. The Balaban J connectivity index is 1.43. The molecule has 1 aliphatic carbocycles. The molecule has 1 fully saturated rings. The molecule has 1 N–H and O–H groups in total. The van der Waals surface area contributed by atoms with E-state index in [9.17, 15) is 4.79 Å². The van der Waals surface area contributed by atoms with Crippen molar-refractivity contribution in [3.63, 3.8) is 0 Å². The standard InChI is InChI=1S/C22H26N4OS/c27-21(24-19-9-3-1-4-10-19)17-28-16-18-15-23-26(20-11-5-2-6-12-20)22(18)25-13-7-8-14-25/h2,5-8,11-15,19H,1,3-4,9-10,16-17H2,(H,24,27). The highest BCUT2D eigenvalue weighted by Gasteiger charge is 2.17. The highest BCUT2D eigenvalue weighted by Crippen LogP contribution is 2.24. The van der Waals surface area contributed by atoms with Crippen LogP contribution in [0.1, 0.15) is 37.7 Å². The number of nitrogens with one attached hydrogen (secondary N) is 1. The van der Waals surface area contributed by atoms with Gasteiger partial charge in [0.1, 0.15) is 5.82 Å². The van der Waals surface area contributed by atoms with Gasteiger partial charge in [-0.3, -0.25) is 4.79 Å². The molecule has 1 aliphatic rings. The first-order chi connectivity index (χ1) is 13.8. The van der Waals surface area contributed by atoms with Gasteiger partial charge in [-0.15, -0.1) is 11.8 Å². The van der Waals surface area contributed by atoms with Crippen molar-refractivity contribution in [1.82, 2.24) is 19.7 Å². The molecule has 1 aromatic carbocycles. The van der Waals surface area contributed by atoms with Crippen molar-refractivity contribution in [1.29, 1.82) is 0 Å². The van der Waals surface area contributed by atoms with Gasteiger partial charge in [-0.05, 0) is 37.1 Å². The van der Waals surface area contributed by atoms with Crippen LogP contribution in [0.2, 0.25) is 0 Å². The molecular weight excluding hydrogens is 368 g/mol. The molecule has 2 aromatic heterocycles. The molecule has 0 spiro atoms. The lowest BCUT2D eigenvalue weighted by Crippen LogP contribution is -2.37. The first-order valence-electron chi connectivity index (χ1n) is 9.94. The molecule has 6 heteroatoms. The van der Waals surface area contributed by atoms with Crippen molar-refractivity contribution in [2.24, 2.45) is 0 Å². The molecule has 0 bridgehead atoms. The highest BCUT2D eigenvalue weighted by molar-refractivity contribution is 7.99. The van der Waals surface area contributed by atoms with Crippen molar-refractivity contribution in [2.75, 3.05) is 5.75 Å². The van der Waals surface area contributed by atoms with Gasteiger partial charge in [0.05, 0.1) is 17.6 Å². The Labute approximate surface area is 170 Å². The van der Waals surface area contributed by atoms with E-state index in [1.807, 2.05) is 53.6 Å². The van der Waals surface area contributed by atoms with Crippen LogP contribution in [0.25, 0.3) is 11.5 Å². The molecule has 0 radical (unpaired) electrons. The van der Waals surface area contributed by atoms with E-state index in [2.05, 4.69) is 27.1 Å². The Morgan fingerprint density at radius 2 is 1.82 bits per heavy atom. The summed E-state index contributed by atoms with van der Waals surface area (Å²) in [6, 6.07) is 14.5. The van der Waals surface area contributed by atoms with Gasteiger partial charge in [-0.2, -0.15) is 5.10 Å². The Bertz CT molecular complexity index is 883.